The van der Waals surface area contributed by atoms with Crippen LogP contribution in [0.2, 0.25) is 0 Å². The Bertz CT molecular complexity index is 427. The summed E-state index contributed by atoms with van der Waals surface area (Å²) in [6.07, 6.45) is 0.264. The lowest BCUT2D eigenvalue weighted by atomic mass is 9.83. The van der Waals surface area contributed by atoms with Gasteiger partial charge in [0.1, 0.15) is 17.1 Å². The lowest BCUT2D eigenvalue weighted by Crippen LogP contribution is -2.37. The van der Waals surface area contributed by atoms with E-state index in [1.807, 2.05) is 20.8 Å². The lowest BCUT2D eigenvalue weighted by Gasteiger charge is -2.26. The Balaban J connectivity index is 3.05. The van der Waals surface area contributed by atoms with E-state index in [0.29, 0.717) is 17.1 Å². The smallest absolute Gasteiger partial charge is 0.171 e. The highest BCUT2D eigenvalue weighted by Gasteiger charge is 2.26. The summed E-state index contributed by atoms with van der Waals surface area (Å²) in [4.78, 5) is 12.4. The normalized spacial score (nSPS) is 12.9. The van der Waals surface area contributed by atoms with Crippen LogP contribution in [0.5, 0.6) is 11.5 Å². The molecule has 1 rings (SSSR count). The van der Waals surface area contributed by atoms with Crippen molar-refractivity contribution in [3.63, 3.8) is 0 Å². The third-order valence-corrected chi connectivity index (χ3v) is 3.22. The second kappa shape index (κ2) is 6.06. The maximum absolute atomic E-state index is 12.4. The zero-order chi connectivity index (χ0) is 14.6. The van der Waals surface area contributed by atoms with Crippen LogP contribution in [-0.2, 0) is 0 Å². The lowest BCUT2D eigenvalue weighted by molar-refractivity contribution is 0.0947. The molecule has 19 heavy (non-hydrogen) atoms. The van der Waals surface area contributed by atoms with E-state index >= 15 is 0 Å². The molecular formula is C15H23NO3. The van der Waals surface area contributed by atoms with Gasteiger partial charge in [0.05, 0.1) is 14.2 Å². The highest BCUT2D eigenvalue weighted by Crippen LogP contribution is 2.31. The third kappa shape index (κ3) is 3.70. The van der Waals surface area contributed by atoms with Crippen molar-refractivity contribution >= 4 is 5.78 Å². The molecule has 4 nitrogen and oxygen atoms in total. The van der Waals surface area contributed by atoms with Crippen molar-refractivity contribution < 1.29 is 14.3 Å². The maximum atomic E-state index is 12.4. The van der Waals surface area contributed by atoms with E-state index in [1.165, 1.54) is 14.2 Å². The number of rotatable bonds is 5. The van der Waals surface area contributed by atoms with Gasteiger partial charge in [-0.1, -0.05) is 26.8 Å². The van der Waals surface area contributed by atoms with E-state index in [-0.39, 0.29) is 23.7 Å². The summed E-state index contributed by atoms with van der Waals surface area (Å²) in [6.45, 7) is 6.05. The average molecular weight is 265 g/mol. The van der Waals surface area contributed by atoms with Crippen LogP contribution in [0.1, 0.15) is 37.6 Å². The third-order valence-electron chi connectivity index (χ3n) is 3.22. The number of Topliss-reactive ketones (excluding diaryl/α,β-unsaturated/α-hetero) is 1. The number of carbonyl (C=O) groups is 1. The van der Waals surface area contributed by atoms with Gasteiger partial charge < -0.3 is 15.2 Å². The Hall–Kier alpha value is -1.55. The fraction of sp³-hybridized carbons (Fsp3) is 0.533. The first-order chi connectivity index (χ1) is 8.81. The molecule has 1 aromatic carbocycles. The molecule has 0 aliphatic rings. The molecule has 0 saturated heterocycles. The number of hydrogen-bond donors (Lipinski definition) is 1. The summed E-state index contributed by atoms with van der Waals surface area (Å²) in [5, 5.41) is 0. The van der Waals surface area contributed by atoms with Crippen molar-refractivity contribution in [2.45, 2.75) is 33.2 Å². The largest absolute Gasteiger partial charge is 0.496 e. The van der Waals surface area contributed by atoms with Crippen LogP contribution in [0, 0.1) is 5.41 Å². The molecule has 0 heterocycles. The molecule has 0 aliphatic heterocycles. The molecule has 0 radical (unpaired) electrons. The number of carbonyl (C=O) groups excluding carboxylic acids is 1. The van der Waals surface area contributed by atoms with Gasteiger partial charge in [-0.3, -0.25) is 4.79 Å². The number of hydrogen-bond acceptors (Lipinski definition) is 4. The number of benzene rings is 1. The van der Waals surface area contributed by atoms with Crippen LogP contribution in [0.3, 0.4) is 0 Å². The van der Waals surface area contributed by atoms with Gasteiger partial charge in [-0.25, -0.2) is 0 Å². The first-order valence-electron chi connectivity index (χ1n) is 6.31. The van der Waals surface area contributed by atoms with Gasteiger partial charge in [-0.2, -0.15) is 0 Å². The van der Waals surface area contributed by atoms with E-state index in [9.17, 15) is 4.79 Å². The van der Waals surface area contributed by atoms with Crippen molar-refractivity contribution in [2.24, 2.45) is 11.1 Å². The quantitative estimate of drug-likeness (QED) is 0.831. The van der Waals surface area contributed by atoms with Gasteiger partial charge in [0.25, 0.3) is 0 Å². The minimum absolute atomic E-state index is 0.0586. The number of methoxy groups -OCH3 is 2. The highest BCUT2D eigenvalue weighted by atomic mass is 16.5. The molecule has 106 valence electrons. The van der Waals surface area contributed by atoms with Crippen LogP contribution >= 0.6 is 0 Å². The summed E-state index contributed by atoms with van der Waals surface area (Å²) in [5.41, 5.74) is 6.41. The first kappa shape index (κ1) is 15.5. The SMILES string of the molecule is COc1cccc(OC)c1C(=O)CC(N)C(C)(C)C. The topological polar surface area (TPSA) is 61.5 Å². The number of nitrogens with two attached hydrogens (primary N) is 1. The molecule has 0 spiro atoms. The molecule has 1 unspecified atom stereocenters. The fourth-order valence-corrected chi connectivity index (χ4v) is 1.73. The first-order valence-corrected chi connectivity index (χ1v) is 6.31. The predicted molar refractivity (Wildman–Crippen MR) is 75.9 cm³/mol. The average Bonchev–Trinajstić information content (AvgIpc) is 2.36. The summed E-state index contributed by atoms with van der Waals surface area (Å²) >= 11 is 0. The maximum Gasteiger partial charge on any atom is 0.171 e. The number of ketones is 1. The standard InChI is InChI=1S/C15H23NO3/c1-15(2,3)13(16)9-10(17)14-11(18-4)7-6-8-12(14)19-5/h6-8,13H,9,16H2,1-5H3. The molecule has 0 saturated carbocycles. The minimum Gasteiger partial charge on any atom is -0.496 e. The Morgan fingerprint density at radius 2 is 1.68 bits per heavy atom. The molecule has 1 atom stereocenters. The molecule has 0 aliphatic carbocycles. The zero-order valence-electron chi connectivity index (χ0n) is 12.3. The van der Waals surface area contributed by atoms with Crippen LogP contribution in [0.25, 0.3) is 0 Å². The van der Waals surface area contributed by atoms with E-state index in [0.717, 1.165) is 0 Å². The molecule has 0 fully saturated rings. The summed E-state index contributed by atoms with van der Waals surface area (Å²) in [6, 6.07) is 5.07. The van der Waals surface area contributed by atoms with Crippen molar-refractivity contribution in [3.8, 4) is 11.5 Å². The summed E-state index contributed by atoms with van der Waals surface area (Å²) in [7, 11) is 3.07. The van der Waals surface area contributed by atoms with Crippen LogP contribution in [-0.4, -0.2) is 26.0 Å². The Labute approximate surface area is 114 Å². The second-order valence-electron chi connectivity index (χ2n) is 5.64. The molecule has 4 heteroatoms. The zero-order valence-corrected chi connectivity index (χ0v) is 12.3. The van der Waals surface area contributed by atoms with E-state index < -0.39 is 0 Å². The Kier molecular flexibility index (Phi) is 4.95. The molecular weight excluding hydrogens is 242 g/mol. The molecule has 0 amide bonds. The summed E-state index contributed by atoms with van der Waals surface area (Å²) in [5.74, 6) is 0.979. The molecule has 0 bridgehead atoms. The molecule has 0 aromatic heterocycles. The molecule has 2 N–H and O–H groups in total. The van der Waals surface area contributed by atoms with Crippen molar-refractivity contribution in [1.82, 2.24) is 0 Å². The second-order valence-corrected chi connectivity index (χ2v) is 5.64. The predicted octanol–water partition coefficient (Wildman–Crippen LogP) is 2.65. The highest BCUT2D eigenvalue weighted by molar-refractivity contribution is 6.01. The monoisotopic (exact) mass is 265 g/mol. The van der Waals surface area contributed by atoms with Crippen LogP contribution < -0.4 is 15.2 Å². The van der Waals surface area contributed by atoms with Gasteiger partial charge in [0.2, 0.25) is 0 Å². The van der Waals surface area contributed by atoms with Gasteiger partial charge in [0, 0.05) is 12.5 Å². The van der Waals surface area contributed by atoms with Crippen molar-refractivity contribution in [3.05, 3.63) is 23.8 Å². The van der Waals surface area contributed by atoms with E-state index in [1.54, 1.807) is 18.2 Å². The van der Waals surface area contributed by atoms with E-state index in [4.69, 9.17) is 15.2 Å². The van der Waals surface area contributed by atoms with Crippen molar-refractivity contribution in [2.75, 3.05) is 14.2 Å². The van der Waals surface area contributed by atoms with Gasteiger partial charge in [0.15, 0.2) is 5.78 Å². The van der Waals surface area contributed by atoms with Crippen molar-refractivity contribution in [1.29, 1.82) is 0 Å². The van der Waals surface area contributed by atoms with Gasteiger partial charge in [-0.15, -0.1) is 0 Å². The summed E-state index contributed by atoms with van der Waals surface area (Å²) < 4.78 is 10.5. The fourth-order valence-electron chi connectivity index (χ4n) is 1.73. The van der Waals surface area contributed by atoms with Crippen LogP contribution in [0.4, 0.5) is 0 Å². The minimum atomic E-state index is -0.213. The van der Waals surface area contributed by atoms with Gasteiger partial charge in [-0.05, 0) is 17.5 Å². The van der Waals surface area contributed by atoms with Crippen LogP contribution in [0.15, 0.2) is 18.2 Å². The van der Waals surface area contributed by atoms with E-state index in [2.05, 4.69) is 0 Å². The Morgan fingerprint density at radius 3 is 2.05 bits per heavy atom. The van der Waals surface area contributed by atoms with Gasteiger partial charge >= 0.3 is 0 Å². The molecule has 1 aromatic rings. The number of ether oxygens (including phenoxy) is 2. The Morgan fingerprint density at radius 1 is 1.21 bits per heavy atom.